The van der Waals surface area contributed by atoms with Crippen molar-refractivity contribution < 1.29 is 0 Å². The summed E-state index contributed by atoms with van der Waals surface area (Å²) in [5, 5.41) is 4.08. The number of halogens is 1. The third-order valence-electron chi connectivity index (χ3n) is 2.64. The molecule has 1 aliphatic rings. The molecular weight excluding hydrogens is 184 g/mol. The molecule has 70 valence electrons. The van der Waals surface area contributed by atoms with Crippen LogP contribution >= 0.6 is 11.6 Å². The van der Waals surface area contributed by atoms with Crippen molar-refractivity contribution >= 4 is 17.4 Å². The van der Waals surface area contributed by atoms with E-state index in [0.29, 0.717) is 5.02 Å². The van der Waals surface area contributed by atoms with E-state index in [9.17, 15) is 0 Å². The van der Waals surface area contributed by atoms with Crippen LogP contribution in [0.3, 0.4) is 0 Å². The predicted octanol–water partition coefficient (Wildman–Crippen LogP) is 3.09. The van der Waals surface area contributed by atoms with Crippen molar-refractivity contribution in [1.29, 1.82) is 0 Å². The Morgan fingerprint density at radius 1 is 1.54 bits per heavy atom. The van der Waals surface area contributed by atoms with Crippen molar-refractivity contribution in [2.24, 2.45) is 0 Å². The zero-order chi connectivity index (χ0) is 9.31. The number of aromatic nitrogens is 1. The zero-order valence-electron chi connectivity index (χ0n) is 7.68. The Morgan fingerprint density at radius 3 is 2.85 bits per heavy atom. The molecule has 0 aliphatic heterocycles. The molecule has 13 heavy (non-hydrogen) atoms. The molecule has 0 saturated heterocycles. The maximum Gasteiger partial charge on any atom is 0.145 e. The molecule has 1 saturated carbocycles. The number of pyridine rings is 1. The first-order chi connectivity index (χ1) is 6.20. The fourth-order valence-electron chi connectivity index (χ4n) is 1.60. The molecule has 1 aromatic heterocycles. The average Bonchev–Trinajstić information content (AvgIpc) is 2.06. The minimum Gasteiger partial charge on any atom is -0.364 e. The number of rotatable bonds is 2. The zero-order valence-corrected chi connectivity index (χ0v) is 8.43. The van der Waals surface area contributed by atoms with E-state index in [-0.39, 0.29) is 5.54 Å². The van der Waals surface area contributed by atoms with Crippen LogP contribution in [0.15, 0.2) is 18.3 Å². The van der Waals surface area contributed by atoms with Crippen LogP contribution in [0.5, 0.6) is 0 Å². The van der Waals surface area contributed by atoms with Crippen LogP contribution in [-0.2, 0) is 0 Å². The second-order valence-electron chi connectivity index (χ2n) is 3.87. The van der Waals surface area contributed by atoms with Gasteiger partial charge in [-0.1, -0.05) is 11.6 Å². The van der Waals surface area contributed by atoms with E-state index in [0.717, 1.165) is 5.82 Å². The fourth-order valence-corrected chi connectivity index (χ4v) is 1.76. The number of hydrogen-bond acceptors (Lipinski definition) is 2. The summed E-state index contributed by atoms with van der Waals surface area (Å²) >= 11 is 5.99. The van der Waals surface area contributed by atoms with E-state index in [4.69, 9.17) is 11.6 Å². The van der Waals surface area contributed by atoms with Gasteiger partial charge in [-0.05, 0) is 38.3 Å². The molecule has 1 aromatic rings. The van der Waals surface area contributed by atoms with Crippen LogP contribution < -0.4 is 5.32 Å². The minimum absolute atomic E-state index is 0.220. The molecule has 1 aliphatic carbocycles. The van der Waals surface area contributed by atoms with Crippen molar-refractivity contribution in [3.8, 4) is 0 Å². The van der Waals surface area contributed by atoms with Gasteiger partial charge in [0.05, 0.1) is 5.02 Å². The number of anilines is 1. The van der Waals surface area contributed by atoms with Crippen molar-refractivity contribution in [2.45, 2.75) is 31.7 Å². The molecule has 0 atom stereocenters. The highest BCUT2D eigenvalue weighted by Gasteiger charge is 2.32. The monoisotopic (exact) mass is 196 g/mol. The summed E-state index contributed by atoms with van der Waals surface area (Å²) in [4.78, 5) is 4.20. The molecule has 0 amide bonds. The molecule has 0 bridgehead atoms. The lowest BCUT2D eigenvalue weighted by Crippen LogP contribution is -2.41. The maximum atomic E-state index is 5.99. The van der Waals surface area contributed by atoms with Gasteiger partial charge in [-0.25, -0.2) is 4.98 Å². The van der Waals surface area contributed by atoms with E-state index < -0.39 is 0 Å². The first kappa shape index (κ1) is 8.82. The molecule has 1 N–H and O–H groups in total. The minimum atomic E-state index is 0.220. The first-order valence-electron chi connectivity index (χ1n) is 4.58. The topological polar surface area (TPSA) is 24.9 Å². The van der Waals surface area contributed by atoms with Gasteiger partial charge in [-0.15, -0.1) is 0 Å². The molecular formula is C10H13ClN2. The Hall–Kier alpha value is -0.760. The molecule has 1 heterocycles. The molecule has 2 nitrogen and oxygen atoms in total. The van der Waals surface area contributed by atoms with Gasteiger partial charge < -0.3 is 5.32 Å². The highest BCUT2D eigenvalue weighted by atomic mass is 35.5. The molecule has 3 heteroatoms. The van der Waals surface area contributed by atoms with Crippen molar-refractivity contribution in [3.05, 3.63) is 23.4 Å². The predicted molar refractivity (Wildman–Crippen MR) is 55.1 cm³/mol. The third-order valence-corrected chi connectivity index (χ3v) is 2.94. The summed E-state index contributed by atoms with van der Waals surface area (Å²) in [5.41, 5.74) is 0.220. The van der Waals surface area contributed by atoms with Crippen LogP contribution in [0.4, 0.5) is 5.82 Å². The van der Waals surface area contributed by atoms with E-state index in [1.165, 1.54) is 19.3 Å². The first-order valence-corrected chi connectivity index (χ1v) is 4.96. The SMILES string of the molecule is CC1(Nc2ncccc2Cl)CCC1. The second-order valence-corrected chi connectivity index (χ2v) is 4.28. The molecule has 0 unspecified atom stereocenters. The Bertz CT molecular complexity index is 308. The molecule has 0 spiro atoms. The molecule has 1 fully saturated rings. The summed E-state index contributed by atoms with van der Waals surface area (Å²) in [7, 11) is 0. The van der Waals surface area contributed by atoms with Gasteiger partial charge in [0, 0.05) is 11.7 Å². The largest absolute Gasteiger partial charge is 0.364 e. The Labute approximate surface area is 83.3 Å². The quantitative estimate of drug-likeness (QED) is 0.787. The summed E-state index contributed by atoms with van der Waals surface area (Å²) in [6.07, 6.45) is 5.48. The molecule has 0 radical (unpaired) electrons. The van der Waals surface area contributed by atoms with Crippen molar-refractivity contribution in [3.63, 3.8) is 0 Å². The van der Waals surface area contributed by atoms with Gasteiger partial charge >= 0.3 is 0 Å². The van der Waals surface area contributed by atoms with E-state index >= 15 is 0 Å². The molecule has 0 aromatic carbocycles. The summed E-state index contributed by atoms with van der Waals surface area (Å²) in [6, 6.07) is 3.70. The van der Waals surface area contributed by atoms with Crippen molar-refractivity contribution in [1.82, 2.24) is 4.98 Å². The van der Waals surface area contributed by atoms with Crippen LogP contribution in [0, 0.1) is 0 Å². The Kier molecular flexibility index (Phi) is 2.16. The maximum absolute atomic E-state index is 5.99. The fraction of sp³-hybridized carbons (Fsp3) is 0.500. The lowest BCUT2D eigenvalue weighted by molar-refractivity contribution is 0.306. The van der Waals surface area contributed by atoms with Gasteiger partial charge in [0.15, 0.2) is 0 Å². The van der Waals surface area contributed by atoms with E-state index in [1.54, 1.807) is 6.20 Å². The Balaban J connectivity index is 2.13. The summed E-state index contributed by atoms with van der Waals surface area (Å²) in [5.74, 6) is 0.811. The van der Waals surface area contributed by atoms with Crippen molar-refractivity contribution in [2.75, 3.05) is 5.32 Å². The average molecular weight is 197 g/mol. The number of nitrogens with one attached hydrogen (secondary N) is 1. The second kappa shape index (κ2) is 3.18. The number of nitrogens with zero attached hydrogens (tertiary/aromatic N) is 1. The highest BCUT2D eigenvalue weighted by Crippen LogP contribution is 2.35. The lowest BCUT2D eigenvalue weighted by Gasteiger charge is -2.39. The van der Waals surface area contributed by atoms with Crippen LogP contribution in [0.25, 0.3) is 0 Å². The van der Waals surface area contributed by atoms with Crippen LogP contribution in [0.2, 0.25) is 5.02 Å². The van der Waals surface area contributed by atoms with Crippen LogP contribution in [-0.4, -0.2) is 10.5 Å². The van der Waals surface area contributed by atoms with Gasteiger partial charge in [-0.3, -0.25) is 0 Å². The summed E-state index contributed by atoms with van der Waals surface area (Å²) < 4.78 is 0. The Morgan fingerprint density at radius 2 is 2.31 bits per heavy atom. The van der Waals surface area contributed by atoms with Gasteiger partial charge in [-0.2, -0.15) is 0 Å². The third kappa shape index (κ3) is 1.78. The van der Waals surface area contributed by atoms with Gasteiger partial charge in [0.25, 0.3) is 0 Å². The van der Waals surface area contributed by atoms with Crippen LogP contribution in [0.1, 0.15) is 26.2 Å². The van der Waals surface area contributed by atoms with E-state index in [1.807, 2.05) is 12.1 Å². The number of hydrogen-bond donors (Lipinski definition) is 1. The lowest BCUT2D eigenvalue weighted by atomic mass is 9.78. The van der Waals surface area contributed by atoms with Gasteiger partial charge in [0.1, 0.15) is 5.82 Å². The molecule has 2 rings (SSSR count). The summed E-state index contributed by atoms with van der Waals surface area (Å²) in [6.45, 7) is 2.21. The normalized spacial score (nSPS) is 19.2. The smallest absolute Gasteiger partial charge is 0.145 e. The standard InChI is InChI=1S/C10H13ClN2/c1-10(5-3-6-10)13-9-8(11)4-2-7-12-9/h2,4,7H,3,5-6H2,1H3,(H,12,13). The van der Waals surface area contributed by atoms with E-state index in [2.05, 4.69) is 17.2 Å². The van der Waals surface area contributed by atoms with Gasteiger partial charge in [0.2, 0.25) is 0 Å². The highest BCUT2D eigenvalue weighted by molar-refractivity contribution is 6.32.